The van der Waals surface area contributed by atoms with E-state index in [4.69, 9.17) is 9.47 Å². The third-order valence-electron chi connectivity index (χ3n) is 1.89. The molecule has 0 aromatic carbocycles. The first kappa shape index (κ1) is 11.8. The van der Waals surface area contributed by atoms with Gasteiger partial charge < -0.3 is 9.47 Å². The molecular formula is C11H15NO3. The van der Waals surface area contributed by atoms with E-state index < -0.39 is 0 Å². The lowest BCUT2D eigenvalue weighted by Gasteiger charge is -2.04. The van der Waals surface area contributed by atoms with Gasteiger partial charge in [0.05, 0.1) is 19.8 Å². The number of rotatable bonds is 6. The Morgan fingerprint density at radius 2 is 2.27 bits per heavy atom. The average Bonchev–Trinajstić information content (AvgIpc) is 2.25. The van der Waals surface area contributed by atoms with Gasteiger partial charge in [-0.25, -0.2) is 0 Å². The summed E-state index contributed by atoms with van der Waals surface area (Å²) < 4.78 is 10.2. The zero-order valence-electron chi connectivity index (χ0n) is 9.03. The number of methoxy groups -OCH3 is 1. The molecule has 4 nitrogen and oxygen atoms in total. The average molecular weight is 209 g/mol. The summed E-state index contributed by atoms with van der Waals surface area (Å²) in [5.41, 5.74) is 1.43. The van der Waals surface area contributed by atoms with Crippen LogP contribution in [0.15, 0.2) is 18.3 Å². The standard InChI is InChI=1S/C11H15NO3/c1-9(13)11-7-10(3-4-12-11)8-15-6-5-14-2/h3-4,7H,5-6,8H2,1-2H3. The summed E-state index contributed by atoms with van der Waals surface area (Å²) in [6.45, 7) is 3.10. The molecule has 1 heterocycles. The zero-order valence-corrected chi connectivity index (χ0v) is 9.03. The maximum Gasteiger partial charge on any atom is 0.178 e. The predicted octanol–water partition coefficient (Wildman–Crippen LogP) is 1.45. The highest BCUT2D eigenvalue weighted by Crippen LogP contribution is 2.04. The molecule has 0 aliphatic rings. The van der Waals surface area contributed by atoms with Gasteiger partial charge in [-0.15, -0.1) is 0 Å². The fourth-order valence-corrected chi connectivity index (χ4v) is 1.09. The Kier molecular flexibility index (Phi) is 4.93. The van der Waals surface area contributed by atoms with Crippen molar-refractivity contribution < 1.29 is 14.3 Å². The number of Topliss-reactive ketones (excluding diaryl/α,β-unsaturated/α-hetero) is 1. The Labute approximate surface area is 89.2 Å². The molecule has 0 aliphatic heterocycles. The van der Waals surface area contributed by atoms with Crippen molar-refractivity contribution >= 4 is 5.78 Å². The van der Waals surface area contributed by atoms with E-state index in [1.165, 1.54) is 6.92 Å². The van der Waals surface area contributed by atoms with Crippen LogP contribution in [0.4, 0.5) is 0 Å². The molecule has 1 aromatic rings. The molecule has 0 radical (unpaired) electrons. The second-order valence-electron chi connectivity index (χ2n) is 3.15. The number of carbonyl (C=O) groups excluding carboxylic acids is 1. The summed E-state index contributed by atoms with van der Waals surface area (Å²) in [7, 11) is 1.63. The zero-order chi connectivity index (χ0) is 11.1. The van der Waals surface area contributed by atoms with Crippen LogP contribution >= 0.6 is 0 Å². The van der Waals surface area contributed by atoms with Gasteiger partial charge in [-0.05, 0) is 17.7 Å². The number of ether oxygens (including phenoxy) is 2. The van der Waals surface area contributed by atoms with Crippen LogP contribution in [-0.2, 0) is 16.1 Å². The highest BCUT2D eigenvalue weighted by molar-refractivity contribution is 5.92. The van der Waals surface area contributed by atoms with Crippen molar-refractivity contribution in [2.75, 3.05) is 20.3 Å². The third-order valence-corrected chi connectivity index (χ3v) is 1.89. The monoisotopic (exact) mass is 209 g/mol. The minimum atomic E-state index is -0.0336. The largest absolute Gasteiger partial charge is 0.382 e. The Morgan fingerprint density at radius 1 is 1.47 bits per heavy atom. The second-order valence-corrected chi connectivity index (χ2v) is 3.15. The second kappa shape index (κ2) is 6.27. The van der Waals surface area contributed by atoms with Crippen LogP contribution in [0.3, 0.4) is 0 Å². The maximum atomic E-state index is 11.1. The van der Waals surface area contributed by atoms with Crippen molar-refractivity contribution in [3.05, 3.63) is 29.6 Å². The molecule has 1 rings (SSSR count). The van der Waals surface area contributed by atoms with Crippen LogP contribution in [0.2, 0.25) is 0 Å². The van der Waals surface area contributed by atoms with Crippen LogP contribution < -0.4 is 0 Å². The Balaban J connectivity index is 2.47. The lowest BCUT2D eigenvalue weighted by Crippen LogP contribution is -2.03. The fraction of sp³-hybridized carbons (Fsp3) is 0.455. The number of pyridine rings is 1. The summed E-state index contributed by atoms with van der Waals surface area (Å²) in [5.74, 6) is -0.0336. The van der Waals surface area contributed by atoms with E-state index in [0.29, 0.717) is 25.5 Å². The smallest absolute Gasteiger partial charge is 0.178 e. The molecule has 82 valence electrons. The topological polar surface area (TPSA) is 48.4 Å². The van der Waals surface area contributed by atoms with E-state index in [-0.39, 0.29) is 5.78 Å². The normalized spacial score (nSPS) is 10.3. The summed E-state index contributed by atoms with van der Waals surface area (Å²) in [6, 6.07) is 3.58. The summed E-state index contributed by atoms with van der Waals surface area (Å²) in [5, 5.41) is 0. The van der Waals surface area contributed by atoms with Crippen molar-refractivity contribution in [1.29, 1.82) is 0 Å². The van der Waals surface area contributed by atoms with Gasteiger partial charge in [-0.2, -0.15) is 0 Å². The summed E-state index contributed by atoms with van der Waals surface area (Å²) in [4.78, 5) is 15.0. The summed E-state index contributed by atoms with van der Waals surface area (Å²) in [6.07, 6.45) is 1.62. The molecule has 4 heteroatoms. The predicted molar refractivity (Wildman–Crippen MR) is 55.8 cm³/mol. The molecular weight excluding hydrogens is 194 g/mol. The Morgan fingerprint density at radius 3 is 2.93 bits per heavy atom. The molecule has 0 bridgehead atoms. The number of carbonyl (C=O) groups is 1. The van der Waals surface area contributed by atoms with E-state index >= 15 is 0 Å². The van der Waals surface area contributed by atoms with Crippen LogP contribution in [0, 0.1) is 0 Å². The van der Waals surface area contributed by atoms with E-state index in [1.54, 1.807) is 19.4 Å². The minimum Gasteiger partial charge on any atom is -0.382 e. The van der Waals surface area contributed by atoms with Crippen LogP contribution in [0.25, 0.3) is 0 Å². The van der Waals surface area contributed by atoms with Crippen LogP contribution in [0.1, 0.15) is 23.0 Å². The molecule has 15 heavy (non-hydrogen) atoms. The first-order valence-electron chi connectivity index (χ1n) is 4.76. The van der Waals surface area contributed by atoms with Crippen molar-refractivity contribution in [3.63, 3.8) is 0 Å². The number of hydrogen-bond donors (Lipinski definition) is 0. The van der Waals surface area contributed by atoms with Crippen molar-refractivity contribution in [2.45, 2.75) is 13.5 Å². The molecule has 0 aliphatic carbocycles. The first-order valence-corrected chi connectivity index (χ1v) is 4.76. The molecule has 0 saturated carbocycles. The quantitative estimate of drug-likeness (QED) is 0.525. The van der Waals surface area contributed by atoms with E-state index in [1.807, 2.05) is 6.07 Å². The van der Waals surface area contributed by atoms with Gasteiger partial charge in [0.1, 0.15) is 5.69 Å². The van der Waals surface area contributed by atoms with Crippen molar-refractivity contribution in [1.82, 2.24) is 4.98 Å². The number of nitrogens with zero attached hydrogens (tertiary/aromatic N) is 1. The maximum absolute atomic E-state index is 11.1. The SMILES string of the molecule is COCCOCc1ccnc(C(C)=O)c1. The van der Waals surface area contributed by atoms with Gasteiger partial charge >= 0.3 is 0 Å². The molecule has 0 N–H and O–H groups in total. The van der Waals surface area contributed by atoms with Gasteiger partial charge in [0.15, 0.2) is 5.78 Å². The molecule has 0 atom stereocenters. The minimum absolute atomic E-state index is 0.0336. The Bertz CT molecular complexity index is 325. The third kappa shape index (κ3) is 4.18. The molecule has 0 fully saturated rings. The summed E-state index contributed by atoms with van der Waals surface area (Å²) >= 11 is 0. The lowest BCUT2D eigenvalue weighted by atomic mass is 10.2. The van der Waals surface area contributed by atoms with Gasteiger partial charge in [0.2, 0.25) is 0 Å². The van der Waals surface area contributed by atoms with Gasteiger partial charge in [-0.1, -0.05) is 0 Å². The number of hydrogen-bond acceptors (Lipinski definition) is 4. The highest BCUT2D eigenvalue weighted by atomic mass is 16.5. The lowest BCUT2D eigenvalue weighted by molar-refractivity contribution is 0.0616. The molecule has 0 spiro atoms. The molecule has 0 unspecified atom stereocenters. The Hall–Kier alpha value is -1.26. The molecule has 1 aromatic heterocycles. The van der Waals surface area contributed by atoms with E-state index in [2.05, 4.69) is 4.98 Å². The van der Waals surface area contributed by atoms with E-state index in [9.17, 15) is 4.79 Å². The van der Waals surface area contributed by atoms with Gasteiger partial charge in [0.25, 0.3) is 0 Å². The van der Waals surface area contributed by atoms with E-state index in [0.717, 1.165) is 5.56 Å². The van der Waals surface area contributed by atoms with Crippen LogP contribution in [-0.4, -0.2) is 31.1 Å². The van der Waals surface area contributed by atoms with Gasteiger partial charge in [-0.3, -0.25) is 9.78 Å². The van der Waals surface area contributed by atoms with Crippen molar-refractivity contribution in [2.24, 2.45) is 0 Å². The van der Waals surface area contributed by atoms with Gasteiger partial charge in [0, 0.05) is 20.2 Å². The molecule has 0 amide bonds. The fourth-order valence-electron chi connectivity index (χ4n) is 1.09. The number of aromatic nitrogens is 1. The molecule has 0 saturated heterocycles. The van der Waals surface area contributed by atoms with Crippen molar-refractivity contribution in [3.8, 4) is 0 Å². The highest BCUT2D eigenvalue weighted by Gasteiger charge is 2.01. The first-order chi connectivity index (χ1) is 7.24. The van der Waals surface area contributed by atoms with Crippen LogP contribution in [0.5, 0.6) is 0 Å². The number of ketones is 1.